The molecule has 1 atom stereocenters. The molecule has 0 bridgehead atoms. The summed E-state index contributed by atoms with van der Waals surface area (Å²) in [7, 11) is 0. The lowest BCUT2D eigenvalue weighted by Gasteiger charge is -2.23. The fourth-order valence-corrected chi connectivity index (χ4v) is 5.18. The molecule has 0 saturated carbocycles. The zero-order chi connectivity index (χ0) is 17.7. The van der Waals surface area contributed by atoms with Crippen molar-refractivity contribution in [1.29, 1.82) is 0 Å². The van der Waals surface area contributed by atoms with E-state index in [1.807, 2.05) is 35.0 Å². The summed E-state index contributed by atoms with van der Waals surface area (Å²) in [6, 6.07) is 16.0. The Balaban J connectivity index is 1.50. The molecule has 130 valence electrons. The summed E-state index contributed by atoms with van der Waals surface area (Å²) in [5.74, 6) is 0.716. The van der Waals surface area contributed by atoms with Crippen molar-refractivity contribution in [3.63, 3.8) is 0 Å². The van der Waals surface area contributed by atoms with Crippen LogP contribution in [0.4, 0.5) is 0 Å². The van der Waals surface area contributed by atoms with Crippen molar-refractivity contribution in [1.82, 2.24) is 14.9 Å². The highest BCUT2D eigenvalue weighted by molar-refractivity contribution is 8.00. The molecule has 1 unspecified atom stereocenters. The van der Waals surface area contributed by atoms with E-state index in [9.17, 15) is 0 Å². The number of fused-ring (bicyclic) bond motifs is 2. The maximum Gasteiger partial charge on any atom is 0.212 e. The first-order valence-electron chi connectivity index (χ1n) is 8.32. The first-order valence-corrected chi connectivity index (χ1v) is 9.96. The summed E-state index contributed by atoms with van der Waals surface area (Å²) in [5.41, 5.74) is 7.99. The van der Waals surface area contributed by atoms with Gasteiger partial charge in [0.25, 0.3) is 0 Å². The van der Waals surface area contributed by atoms with E-state index in [1.54, 1.807) is 11.8 Å². The van der Waals surface area contributed by atoms with Crippen molar-refractivity contribution in [3.8, 4) is 11.4 Å². The third kappa shape index (κ3) is 2.54. The lowest BCUT2D eigenvalue weighted by Crippen LogP contribution is -2.24. The minimum absolute atomic E-state index is 0.0441. The highest BCUT2D eigenvalue weighted by Gasteiger charge is 2.33. The fraction of sp³-hybridized carbons (Fsp3) is 0.158. The van der Waals surface area contributed by atoms with Gasteiger partial charge in [0, 0.05) is 5.56 Å². The molecule has 5 rings (SSSR count). The number of aromatic nitrogens is 3. The van der Waals surface area contributed by atoms with Gasteiger partial charge in [-0.05, 0) is 41.7 Å². The van der Waals surface area contributed by atoms with Gasteiger partial charge in [0.2, 0.25) is 5.16 Å². The zero-order valence-electron chi connectivity index (χ0n) is 13.6. The third-order valence-corrected chi connectivity index (χ3v) is 6.61. The maximum absolute atomic E-state index is 6.75. The van der Waals surface area contributed by atoms with E-state index in [2.05, 4.69) is 33.8 Å². The third-order valence-electron chi connectivity index (χ3n) is 4.73. The molecule has 1 N–H and O–H groups in total. The first kappa shape index (κ1) is 16.2. The number of hydrogen-bond donors (Lipinski definition) is 1. The second-order valence-corrected chi connectivity index (χ2v) is 8.10. The van der Waals surface area contributed by atoms with Crippen LogP contribution in [-0.4, -0.2) is 20.2 Å². The quantitative estimate of drug-likeness (QED) is 0.644. The van der Waals surface area contributed by atoms with Gasteiger partial charge in [-0.1, -0.05) is 71.4 Å². The topological polar surface area (TPSA) is 42.7 Å². The minimum atomic E-state index is 0.0441. The molecule has 0 fully saturated rings. The van der Waals surface area contributed by atoms with Gasteiger partial charge in [0.15, 0.2) is 5.82 Å². The molecule has 2 heterocycles. The second kappa shape index (κ2) is 6.34. The van der Waals surface area contributed by atoms with Crippen molar-refractivity contribution in [2.24, 2.45) is 0 Å². The van der Waals surface area contributed by atoms with Gasteiger partial charge in [-0.25, -0.2) is 4.68 Å². The monoisotopic (exact) mass is 400 g/mol. The molecule has 1 aromatic heterocycles. The highest BCUT2D eigenvalue weighted by Crippen LogP contribution is 2.43. The lowest BCUT2D eigenvalue weighted by molar-refractivity contribution is 0.781. The summed E-state index contributed by atoms with van der Waals surface area (Å²) in [6.45, 7) is 0. The van der Waals surface area contributed by atoms with E-state index in [-0.39, 0.29) is 5.37 Å². The average molecular weight is 401 g/mol. The smallest absolute Gasteiger partial charge is 0.212 e. The van der Waals surface area contributed by atoms with Gasteiger partial charge in [-0.3, -0.25) is 0 Å². The van der Waals surface area contributed by atoms with Crippen LogP contribution in [0.2, 0.25) is 5.02 Å². The van der Waals surface area contributed by atoms with E-state index < -0.39 is 0 Å². The lowest BCUT2D eigenvalue weighted by atomic mass is 9.92. The second-order valence-electron chi connectivity index (χ2n) is 6.24. The van der Waals surface area contributed by atoms with Crippen molar-refractivity contribution in [3.05, 3.63) is 70.3 Å². The first-order chi connectivity index (χ1) is 12.7. The number of halogens is 2. The van der Waals surface area contributed by atoms with Gasteiger partial charge in [0.1, 0.15) is 5.37 Å². The van der Waals surface area contributed by atoms with Crippen LogP contribution in [0.25, 0.3) is 16.4 Å². The predicted octanol–water partition coefficient (Wildman–Crippen LogP) is 5.17. The Labute approximate surface area is 165 Å². The highest BCUT2D eigenvalue weighted by atomic mass is 35.5. The molecular weight excluding hydrogens is 387 g/mol. The van der Waals surface area contributed by atoms with Crippen LogP contribution in [0.5, 0.6) is 0 Å². The molecular formula is C19H14Cl2N4S. The molecule has 0 spiro atoms. The molecule has 26 heavy (non-hydrogen) atoms. The Bertz CT molecular complexity index is 1040. The zero-order valence-corrected chi connectivity index (χ0v) is 15.9. The Morgan fingerprint density at radius 1 is 0.962 bits per heavy atom. The van der Waals surface area contributed by atoms with Crippen molar-refractivity contribution >= 4 is 40.0 Å². The normalized spacial score (nSPS) is 18.5. The fourth-order valence-electron chi connectivity index (χ4n) is 3.43. The van der Waals surface area contributed by atoms with Crippen molar-refractivity contribution < 1.29 is 0 Å². The molecule has 1 aliphatic heterocycles. The molecule has 0 amide bonds. The average Bonchev–Trinajstić information content (AvgIpc) is 3.24. The maximum atomic E-state index is 6.75. The van der Waals surface area contributed by atoms with E-state index in [0.717, 1.165) is 34.2 Å². The van der Waals surface area contributed by atoms with E-state index in [1.165, 1.54) is 11.1 Å². The van der Waals surface area contributed by atoms with Gasteiger partial charge in [0.05, 0.1) is 10.1 Å². The van der Waals surface area contributed by atoms with Crippen molar-refractivity contribution in [2.75, 3.05) is 5.43 Å². The van der Waals surface area contributed by atoms with Crippen LogP contribution in [0.1, 0.15) is 17.5 Å². The van der Waals surface area contributed by atoms with Crippen LogP contribution in [0, 0.1) is 0 Å². The minimum Gasteiger partial charge on any atom is -0.304 e. The van der Waals surface area contributed by atoms with E-state index >= 15 is 0 Å². The van der Waals surface area contributed by atoms with Gasteiger partial charge >= 0.3 is 0 Å². The summed E-state index contributed by atoms with van der Waals surface area (Å²) in [6.07, 6.45) is 1.93. The standard InChI is InChI=1S/C19H14Cl2N4S/c20-15-8-4-3-7-13(15)17-22-23-19-25(17)24-18(26-19)14-10-9-11-5-1-2-6-12(11)16(14)21/h1-8,18,24H,9-10H2. The van der Waals surface area contributed by atoms with E-state index in [4.69, 9.17) is 23.2 Å². The Kier molecular flexibility index (Phi) is 3.96. The summed E-state index contributed by atoms with van der Waals surface area (Å²) in [5, 5.41) is 11.0. The molecule has 0 radical (unpaired) electrons. The summed E-state index contributed by atoms with van der Waals surface area (Å²) >= 11 is 14.7. The SMILES string of the molecule is ClC1=C(C2Nn3c(nnc3-c3ccccc3Cl)S2)CCc2ccccc21. The molecule has 2 aromatic carbocycles. The predicted molar refractivity (Wildman–Crippen MR) is 107 cm³/mol. The Hall–Kier alpha value is -1.95. The molecule has 4 nitrogen and oxygen atoms in total. The van der Waals surface area contributed by atoms with Crippen LogP contribution in [-0.2, 0) is 6.42 Å². The number of rotatable bonds is 2. The largest absolute Gasteiger partial charge is 0.304 e. The van der Waals surface area contributed by atoms with Gasteiger partial charge < -0.3 is 5.43 Å². The van der Waals surface area contributed by atoms with Crippen LogP contribution in [0.15, 0.2) is 59.3 Å². The number of nitrogens with zero attached hydrogens (tertiary/aromatic N) is 3. The van der Waals surface area contributed by atoms with Crippen LogP contribution in [0.3, 0.4) is 0 Å². The Morgan fingerprint density at radius 3 is 2.58 bits per heavy atom. The van der Waals surface area contributed by atoms with Gasteiger partial charge in [-0.2, -0.15) is 0 Å². The number of nitrogens with one attached hydrogen (secondary N) is 1. The molecule has 7 heteroatoms. The van der Waals surface area contributed by atoms with Crippen molar-refractivity contribution in [2.45, 2.75) is 23.4 Å². The van der Waals surface area contributed by atoms with E-state index in [0.29, 0.717) is 10.8 Å². The summed E-state index contributed by atoms with van der Waals surface area (Å²) < 4.78 is 1.91. The van der Waals surface area contributed by atoms with Crippen LogP contribution < -0.4 is 5.43 Å². The molecule has 2 aliphatic rings. The van der Waals surface area contributed by atoms with Crippen LogP contribution >= 0.6 is 35.0 Å². The molecule has 0 saturated heterocycles. The number of hydrogen-bond acceptors (Lipinski definition) is 4. The number of benzene rings is 2. The van der Waals surface area contributed by atoms with Gasteiger partial charge in [-0.15, -0.1) is 10.2 Å². The summed E-state index contributed by atoms with van der Waals surface area (Å²) in [4.78, 5) is 0. The Morgan fingerprint density at radius 2 is 1.73 bits per heavy atom. The number of aryl methyl sites for hydroxylation is 1. The number of thioether (sulfide) groups is 1. The molecule has 3 aromatic rings. The molecule has 1 aliphatic carbocycles.